The Hall–Kier alpha value is -1.23. The second kappa shape index (κ2) is 3.82. The lowest BCUT2D eigenvalue weighted by molar-refractivity contribution is 0.828. The van der Waals surface area contributed by atoms with Crippen molar-refractivity contribution >= 4 is 0 Å². The molecule has 0 saturated heterocycles. The van der Waals surface area contributed by atoms with Crippen molar-refractivity contribution in [2.75, 3.05) is 0 Å². The van der Waals surface area contributed by atoms with Crippen LogP contribution in [-0.4, -0.2) is 4.98 Å². The van der Waals surface area contributed by atoms with Crippen molar-refractivity contribution in [1.82, 2.24) is 4.98 Å². The molecule has 0 bridgehead atoms. The van der Waals surface area contributed by atoms with Crippen LogP contribution in [0.4, 0.5) is 0 Å². The van der Waals surface area contributed by atoms with Gasteiger partial charge in [-0.3, -0.25) is 0 Å². The van der Waals surface area contributed by atoms with E-state index in [0.29, 0.717) is 6.42 Å². The van der Waals surface area contributed by atoms with Crippen LogP contribution < -0.4 is 0 Å². The van der Waals surface area contributed by atoms with Crippen molar-refractivity contribution in [3.63, 3.8) is 0 Å². The largest absolute Gasteiger partial charge is 0.363 e. The molecular formula is C9H12N2. The number of aryl methyl sites for hydroxylation is 2. The summed E-state index contributed by atoms with van der Waals surface area (Å²) in [4.78, 5) is 3.23. The lowest BCUT2D eigenvalue weighted by Gasteiger charge is -1.92. The highest BCUT2D eigenvalue weighted by molar-refractivity contribution is 5.11. The van der Waals surface area contributed by atoms with Crippen LogP contribution in [-0.2, 0) is 6.42 Å². The van der Waals surface area contributed by atoms with Crippen molar-refractivity contribution in [2.24, 2.45) is 0 Å². The minimum Gasteiger partial charge on any atom is -0.363 e. The Bertz CT molecular complexity index is 255. The van der Waals surface area contributed by atoms with Gasteiger partial charge in [0, 0.05) is 17.8 Å². The van der Waals surface area contributed by atoms with Gasteiger partial charge >= 0.3 is 0 Å². The van der Waals surface area contributed by atoms with Crippen molar-refractivity contribution in [3.8, 4) is 6.07 Å². The summed E-state index contributed by atoms with van der Waals surface area (Å²) in [5.41, 5.74) is 2.43. The molecule has 1 aromatic heterocycles. The van der Waals surface area contributed by atoms with Crippen LogP contribution in [0.1, 0.15) is 24.2 Å². The maximum atomic E-state index is 8.29. The van der Waals surface area contributed by atoms with Gasteiger partial charge < -0.3 is 4.98 Å². The van der Waals surface area contributed by atoms with E-state index >= 15 is 0 Å². The maximum absolute atomic E-state index is 8.29. The SMILES string of the molecule is Cc1ccc(CCCC#N)[nH]1. The molecule has 58 valence electrons. The number of aromatic amines is 1. The number of rotatable bonds is 3. The van der Waals surface area contributed by atoms with Gasteiger partial charge in [0.15, 0.2) is 0 Å². The van der Waals surface area contributed by atoms with Crippen molar-refractivity contribution < 1.29 is 0 Å². The smallest absolute Gasteiger partial charge is 0.0621 e. The molecule has 0 aliphatic heterocycles. The van der Waals surface area contributed by atoms with E-state index in [0.717, 1.165) is 12.8 Å². The zero-order valence-electron chi connectivity index (χ0n) is 6.72. The first-order chi connectivity index (χ1) is 5.33. The van der Waals surface area contributed by atoms with Crippen LogP contribution in [0.5, 0.6) is 0 Å². The summed E-state index contributed by atoms with van der Waals surface area (Å²) >= 11 is 0. The molecule has 1 heterocycles. The Morgan fingerprint density at radius 2 is 2.36 bits per heavy atom. The van der Waals surface area contributed by atoms with Gasteiger partial charge in [-0.1, -0.05) is 0 Å². The van der Waals surface area contributed by atoms with Gasteiger partial charge in [-0.15, -0.1) is 0 Å². The first kappa shape index (κ1) is 7.87. The molecular weight excluding hydrogens is 136 g/mol. The fourth-order valence-electron chi connectivity index (χ4n) is 1.07. The van der Waals surface area contributed by atoms with Crippen molar-refractivity contribution in [2.45, 2.75) is 26.2 Å². The van der Waals surface area contributed by atoms with Gasteiger partial charge in [0.1, 0.15) is 0 Å². The lowest BCUT2D eigenvalue weighted by Crippen LogP contribution is -1.84. The Morgan fingerprint density at radius 1 is 1.55 bits per heavy atom. The molecule has 0 saturated carbocycles. The zero-order chi connectivity index (χ0) is 8.10. The summed E-state index contributed by atoms with van der Waals surface area (Å²) in [6.07, 6.45) is 2.59. The molecule has 0 fully saturated rings. The molecule has 2 nitrogen and oxygen atoms in total. The van der Waals surface area contributed by atoms with E-state index in [1.165, 1.54) is 11.4 Å². The number of nitrogens with one attached hydrogen (secondary N) is 1. The number of hydrogen-bond acceptors (Lipinski definition) is 1. The summed E-state index contributed by atoms with van der Waals surface area (Å²) in [6, 6.07) is 6.26. The average Bonchev–Trinajstić information content (AvgIpc) is 2.37. The van der Waals surface area contributed by atoms with Gasteiger partial charge in [0.25, 0.3) is 0 Å². The highest BCUT2D eigenvalue weighted by Crippen LogP contribution is 2.04. The van der Waals surface area contributed by atoms with Gasteiger partial charge in [0.05, 0.1) is 6.07 Å². The summed E-state index contributed by atoms with van der Waals surface area (Å²) in [6.45, 7) is 2.04. The Balaban J connectivity index is 2.34. The normalized spacial score (nSPS) is 9.45. The standard InChI is InChI=1S/C9H12N2/c1-8-5-6-9(11-8)4-2-3-7-10/h5-6,11H,2-4H2,1H3. The van der Waals surface area contributed by atoms with E-state index in [1.807, 2.05) is 6.92 Å². The number of hydrogen-bond donors (Lipinski definition) is 1. The fraction of sp³-hybridized carbons (Fsp3) is 0.444. The molecule has 0 aromatic carbocycles. The van der Waals surface area contributed by atoms with E-state index in [4.69, 9.17) is 5.26 Å². The van der Waals surface area contributed by atoms with Gasteiger partial charge in [0.2, 0.25) is 0 Å². The number of H-pyrrole nitrogens is 1. The third-order valence-corrected chi connectivity index (χ3v) is 1.63. The molecule has 1 rings (SSSR count). The number of unbranched alkanes of at least 4 members (excludes halogenated alkanes) is 1. The molecule has 0 spiro atoms. The topological polar surface area (TPSA) is 39.6 Å². The van der Waals surface area contributed by atoms with Crippen LogP contribution >= 0.6 is 0 Å². The minimum atomic E-state index is 0.651. The van der Waals surface area contributed by atoms with Crippen LogP contribution in [0.25, 0.3) is 0 Å². The molecule has 2 heteroatoms. The minimum absolute atomic E-state index is 0.651. The van der Waals surface area contributed by atoms with Crippen LogP contribution in [0, 0.1) is 18.3 Å². The highest BCUT2D eigenvalue weighted by atomic mass is 14.7. The van der Waals surface area contributed by atoms with E-state index < -0.39 is 0 Å². The molecule has 1 N–H and O–H groups in total. The van der Waals surface area contributed by atoms with Crippen molar-refractivity contribution in [1.29, 1.82) is 5.26 Å². The van der Waals surface area contributed by atoms with Gasteiger partial charge in [-0.05, 0) is 31.9 Å². The second-order valence-corrected chi connectivity index (χ2v) is 2.68. The van der Waals surface area contributed by atoms with E-state index in [1.54, 1.807) is 0 Å². The summed E-state index contributed by atoms with van der Waals surface area (Å²) < 4.78 is 0. The molecule has 0 aliphatic rings. The molecule has 1 aromatic rings. The number of aromatic nitrogens is 1. The first-order valence-electron chi connectivity index (χ1n) is 3.84. The quantitative estimate of drug-likeness (QED) is 0.655. The monoisotopic (exact) mass is 148 g/mol. The molecule has 0 radical (unpaired) electrons. The Labute approximate surface area is 66.9 Å². The first-order valence-corrected chi connectivity index (χ1v) is 3.84. The summed E-state index contributed by atoms with van der Waals surface area (Å²) in [5, 5.41) is 8.29. The van der Waals surface area contributed by atoms with E-state index in [9.17, 15) is 0 Å². The number of nitriles is 1. The number of nitrogens with zero attached hydrogens (tertiary/aromatic N) is 1. The van der Waals surface area contributed by atoms with Crippen LogP contribution in [0.3, 0.4) is 0 Å². The molecule has 0 aliphatic carbocycles. The molecule has 0 atom stereocenters. The molecule has 0 unspecified atom stereocenters. The third-order valence-electron chi connectivity index (χ3n) is 1.63. The average molecular weight is 148 g/mol. The second-order valence-electron chi connectivity index (χ2n) is 2.68. The lowest BCUT2D eigenvalue weighted by atomic mass is 10.2. The predicted molar refractivity (Wildman–Crippen MR) is 44.1 cm³/mol. The zero-order valence-corrected chi connectivity index (χ0v) is 6.72. The van der Waals surface area contributed by atoms with Gasteiger partial charge in [-0.25, -0.2) is 0 Å². The van der Waals surface area contributed by atoms with Gasteiger partial charge in [-0.2, -0.15) is 5.26 Å². The van der Waals surface area contributed by atoms with Crippen LogP contribution in [0.15, 0.2) is 12.1 Å². The molecule has 0 amide bonds. The maximum Gasteiger partial charge on any atom is 0.0621 e. The Morgan fingerprint density at radius 3 is 2.91 bits per heavy atom. The highest BCUT2D eigenvalue weighted by Gasteiger charge is 1.93. The third kappa shape index (κ3) is 2.46. The van der Waals surface area contributed by atoms with E-state index in [-0.39, 0.29) is 0 Å². The predicted octanol–water partition coefficient (Wildman–Crippen LogP) is 2.17. The molecule has 11 heavy (non-hydrogen) atoms. The van der Waals surface area contributed by atoms with E-state index in [2.05, 4.69) is 23.2 Å². The Kier molecular flexibility index (Phi) is 2.74. The van der Waals surface area contributed by atoms with Crippen LogP contribution in [0.2, 0.25) is 0 Å². The summed E-state index contributed by atoms with van der Waals surface area (Å²) in [5.74, 6) is 0. The fourth-order valence-corrected chi connectivity index (χ4v) is 1.07. The summed E-state index contributed by atoms with van der Waals surface area (Å²) in [7, 11) is 0. The van der Waals surface area contributed by atoms with Crippen molar-refractivity contribution in [3.05, 3.63) is 23.5 Å².